The van der Waals surface area contributed by atoms with Crippen molar-refractivity contribution >= 4 is 11.9 Å². The number of carbonyl (C=O) groups is 2. The van der Waals surface area contributed by atoms with Gasteiger partial charge < -0.3 is 20.3 Å². The SMILES string of the molecule is CCC/C=C\C/C=C\CCCCCCCC(=O)OCCCCC/C=C\CCCCCCCC(=O)NC(CO)C(O)CCCCCCCCCCCCCCCCCC. The minimum atomic E-state index is -0.681. The summed E-state index contributed by atoms with van der Waals surface area (Å²) in [6.45, 7) is 4.82. The number of unbranched alkanes of at least 4 members (excludes halogenated alkanes) is 29. The highest BCUT2D eigenvalue weighted by Gasteiger charge is 2.20. The zero-order chi connectivity index (χ0) is 42.3. The van der Waals surface area contributed by atoms with Crippen molar-refractivity contribution in [3.63, 3.8) is 0 Å². The van der Waals surface area contributed by atoms with Gasteiger partial charge >= 0.3 is 5.97 Å². The molecule has 0 aliphatic rings. The van der Waals surface area contributed by atoms with Gasteiger partial charge in [0.05, 0.1) is 25.4 Å². The van der Waals surface area contributed by atoms with Crippen molar-refractivity contribution in [2.45, 2.75) is 270 Å². The lowest BCUT2D eigenvalue weighted by atomic mass is 10.0. The molecule has 0 aliphatic carbocycles. The Hall–Kier alpha value is -1.92. The molecule has 6 nitrogen and oxygen atoms in total. The number of ether oxygens (including phenoxy) is 1. The predicted octanol–water partition coefficient (Wildman–Crippen LogP) is 14.9. The third-order valence-electron chi connectivity index (χ3n) is 11.4. The number of hydrogen-bond donors (Lipinski definition) is 3. The maximum atomic E-state index is 12.4. The number of allylic oxidation sites excluding steroid dienone is 6. The zero-order valence-corrected chi connectivity index (χ0v) is 38.5. The summed E-state index contributed by atoms with van der Waals surface area (Å²) >= 11 is 0. The Morgan fingerprint density at radius 3 is 1.40 bits per heavy atom. The molecule has 0 fully saturated rings. The number of aliphatic hydroxyl groups is 2. The predicted molar refractivity (Wildman–Crippen MR) is 250 cm³/mol. The highest BCUT2D eigenvalue weighted by atomic mass is 16.5. The number of rotatable bonds is 46. The van der Waals surface area contributed by atoms with Gasteiger partial charge in [0.2, 0.25) is 5.91 Å². The van der Waals surface area contributed by atoms with E-state index in [1.165, 1.54) is 135 Å². The molecule has 0 saturated heterocycles. The molecule has 2 unspecified atom stereocenters. The van der Waals surface area contributed by atoms with Crippen molar-refractivity contribution in [2.75, 3.05) is 13.2 Å². The fourth-order valence-electron chi connectivity index (χ4n) is 7.49. The summed E-state index contributed by atoms with van der Waals surface area (Å²) < 4.78 is 5.42. The summed E-state index contributed by atoms with van der Waals surface area (Å²) in [5.74, 6) is -0.100. The van der Waals surface area contributed by atoms with E-state index in [1.807, 2.05) is 0 Å². The molecule has 0 radical (unpaired) electrons. The highest BCUT2D eigenvalue weighted by Crippen LogP contribution is 2.16. The van der Waals surface area contributed by atoms with Crippen molar-refractivity contribution in [3.8, 4) is 0 Å². The number of aliphatic hydroxyl groups excluding tert-OH is 2. The lowest BCUT2D eigenvalue weighted by Crippen LogP contribution is -2.45. The van der Waals surface area contributed by atoms with Gasteiger partial charge in [-0.2, -0.15) is 0 Å². The molecular weight excluding hydrogens is 719 g/mol. The first-order chi connectivity index (χ1) is 28.5. The fraction of sp³-hybridized carbons (Fsp3) is 0.846. The standard InChI is InChI=1S/C52H97NO5/c1-3-5-7-9-11-13-15-17-18-19-21-24-28-32-36-40-44-50(55)49(48-54)53-51(56)45-41-37-33-29-25-22-23-27-31-35-39-43-47-58-52(57)46-42-38-34-30-26-20-16-14-12-10-8-6-4-2/h8,10,14,16,23,27,49-50,54-55H,3-7,9,11-13,15,17-22,24-26,28-48H2,1-2H3,(H,53,56)/b10-8-,16-14-,27-23-. The monoisotopic (exact) mass is 816 g/mol. The van der Waals surface area contributed by atoms with E-state index in [1.54, 1.807) is 0 Å². The second-order valence-corrected chi connectivity index (χ2v) is 17.1. The summed E-state index contributed by atoms with van der Waals surface area (Å²) in [5.41, 5.74) is 0. The second-order valence-electron chi connectivity index (χ2n) is 17.1. The van der Waals surface area contributed by atoms with Crippen molar-refractivity contribution < 1.29 is 24.5 Å². The van der Waals surface area contributed by atoms with E-state index in [-0.39, 0.29) is 18.5 Å². The first-order valence-corrected chi connectivity index (χ1v) is 25.2. The highest BCUT2D eigenvalue weighted by molar-refractivity contribution is 5.76. The van der Waals surface area contributed by atoms with Crippen LogP contribution < -0.4 is 5.32 Å². The molecule has 0 heterocycles. The van der Waals surface area contributed by atoms with Gasteiger partial charge in [-0.25, -0.2) is 0 Å². The smallest absolute Gasteiger partial charge is 0.305 e. The summed E-state index contributed by atoms with van der Waals surface area (Å²) in [5, 5.41) is 23.2. The van der Waals surface area contributed by atoms with E-state index in [0.29, 0.717) is 25.9 Å². The van der Waals surface area contributed by atoms with E-state index in [4.69, 9.17) is 4.74 Å². The Kier molecular flexibility index (Phi) is 46.2. The van der Waals surface area contributed by atoms with Crippen LogP contribution in [-0.4, -0.2) is 47.4 Å². The van der Waals surface area contributed by atoms with E-state index in [0.717, 1.165) is 89.9 Å². The van der Waals surface area contributed by atoms with Crippen LogP contribution in [0.3, 0.4) is 0 Å². The fourth-order valence-corrected chi connectivity index (χ4v) is 7.49. The van der Waals surface area contributed by atoms with Crippen LogP contribution in [0.5, 0.6) is 0 Å². The van der Waals surface area contributed by atoms with Gasteiger partial charge in [-0.1, -0.05) is 198 Å². The van der Waals surface area contributed by atoms with Crippen LogP contribution in [0.15, 0.2) is 36.5 Å². The molecule has 6 heteroatoms. The molecule has 0 aromatic heterocycles. The maximum absolute atomic E-state index is 12.4. The quantitative estimate of drug-likeness (QED) is 0.0323. The van der Waals surface area contributed by atoms with Crippen molar-refractivity contribution in [1.29, 1.82) is 0 Å². The minimum absolute atomic E-state index is 0.0385. The molecule has 340 valence electrons. The van der Waals surface area contributed by atoms with Crippen molar-refractivity contribution in [2.24, 2.45) is 0 Å². The lowest BCUT2D eigenvalue weighted by Gasteiger charge is -2.22. The zero-order valence-electron chi connectivity index (χ0n) is 38.5. The van der Waals surface area contributed by atoms with E-state index < -0.39 is 12.1 Å². The third kappa shape index (κ3) is 43.7. The lowest BCUT2D eigenvalue weighted by molar-refractivity contribution is -0.143. The summed E-state index contributed by atoms with van der Waals surface area (Å²) in [6, 6.07) is -0.561. The number of carbonyl (C=O) groups excluding carboxylic acids is 2. The van der Waals surface area contributed by atoms with Gasteiger partial charge in [0.25, 0.3) is 0 Å². The van der Waals surface area contributed by atoms with Crippen LogP contribution in [0.4, 0.5) is 0 Å². The van der Waals surface area contributed by atoms with Gasteiger partial charge in [-0.05, 0) is 83.5 Å². The average Bonchev–Trinajstić information content (AvgIpc) is 3.22. The van der Waals surface area contributed by atoms with E-state index >= 15 is 0 Å². The third-order valence-corrected chi connectivity index (χ3v) is 11.4. The van der Waals surface area contributed by atoms with Crippen LogP contribution in [0.2, 0.25) is 0 Å². The van der Waals surface area contributed by atoms with E-state index in [9.17, 15) is 19.8 Å². The number of esters is 1. The molecule has 0 saturated carbocycles. The number of hydrogen-bond acceptors (Lipinski definition) is 5. The van der Waals surface area contributed by atoms with Crippen LogP contribution in [0.25, 0.3) is 0 Å². The molecule has 0 rings (SSSR count). The molecule has 0 spiro atoms. The molecule has 58 heavy (non-hydrogen) atoms. The van der Waals surface area contributed by atoms with Crippen LogP contribution in [0.1, 0.15) is 258 Å². The molecule has 2 atom stereocenters. The molecule has 0 bridgehead atoms. The normalized spacial score (nSPS) is 13.0. The van der Waals surface area contributed by atoms with Crippen LogP contribution in [0, 0.1) is 0 Å². The summed E-state index contributed by atoms with van der Waals surface area (Å²) in [7, 11) is 0. The molecule has 0 aromatic rings. The summed E-state index contributed by atoms with van der Waals surface area (Å²) in [6.07, 6.45) is 56.8. The van der Waals surface area contributed by atoms with Gasteiger partial charge in [0.15, 0.2) is 0 Å². The van der Waals surface area contributed by atoms with Crippen molar-refractivity contribution in [1.82, 2.24) is 5.32 Å². The Balaban J connectivity index is 3.53. The molecule has 1 amide bonds. The molecule has 0 aliphatic heterocycles. The molecule has 3 N–H and O–H groups in total. The molecular formula is C52H97NO5. The number of nitrogens with one attached hydrogen (secondary N) is 1. The topological polar surface area (TPSA) is 95.9 Å². The van der Waals surface area contributed by atoms with Gasteiger partial charge in [0.1, 0.15) is 0 Å². The summed E-state index contributed by atoms with van der Waals surface area (Å²) in [4.78, 5) is 24.4. The Morgan fingerprint density at radius 2 is 0.897 bits per heavy atom. The van der Waals surface area contributed by atoms with Gasteiger partial charge in [0, 0.05) is 12.8 Å². The number of amides is 1. The van der Waals surface area contributed by atoms with E-state index in [2.05, 4.69) is 55.6 Å². The average molecular weight is 816 g/mol. The van der Waals surface area contributed by atoms with Gasteiger partial charge in [-0.3, -0.25) is 9.59 Å². The minimum Gasteiger partial charge on any atom is -0.466 e. The molecule has 0 aromatic carbocycles. The van der Waals surface area contributed by atoms with Crippen LogP contribution >= 0.6 is 0 Å². The largest absolute Gasteiger partial charge is 0.466 e. The maximum Gasteiger partial charge on any atom is 0.305 e. The second kappa shape index (κ2) is 47.8. The van der Waals surface area contributed by atoms with Crippen molar-refractivity contribution in [3.05, 3.63) is 36.5 Å². The Bertz CT molecular complexity index is 946. The first kappa shape index (κ1) is 56.1. The first-order valence-electron chi connectivity index (χ1n) is 25.2. The Labute approximate surface area is 360 Å². The van der Waals surface area contributed by atoms with Gasteiger partial charge in [-0.15, -0.1) is 0 Å². The van der Waals surface area contributed by atoms with Crippen LogP contribution in [-0.2, 0) is 14.3 Å². The Morgan fingerprint density at radius 1 is 0.483 bits per heavy atom.